The van der Waals surface area contributed by atoms with Crippen LogP contribution in [0.25, 0.3) is 0 Å². The zero-order valence-electron chi connectivity index (χ0n) is 19.3. The van der Waals surface area contributed by atoms with Gasteiger partial charge in [-0.1, -0.05) is 62.4 Å². The minimum absolute atomic E-state index is 0.150. The van der Waals surface area contributed by atoms with Crippen LogP contribution in [0.15, 0.2) is 84.9 Å². The lowest BCUT2D eigenvalue weighted by Gasteiger charge is -2.24. The maximum Gasteiger partial charge on any atom is 0.196 e. The SMILES string of the molecule is CCc1ccc(Nc2ccc(Nc3ccc(CC)cc3)c3c2C(=O)c2ccccc2C3=O)cc1. The Balaban J connectivity index is 1.61. The van der Waals surface area contributed by atoms with Gasteiger partial charge in [0.1, 0.15) is 0 Å². The van der Waals surface area contributed by atoms with E-state index in [1.165, 1.54) is 11.1 Å². The van der Waals surface area contributed by atoms with Gasteiger partial charge in [0.15, 0.2) is 11.6 Å². The van der Waals surface area contributed by atoms with Gasteiger partial charge in [0.2, 0.25) is 0 Å². The molecule has 0 amide bonds. The van der Waals surface area contributed by atoms with Crippen LogP contribution in [0.3, 0.4) is 0 Å². The molecule has 0 atom stereocenters. The van der Waals surface area contributed by atoms with Crippen LogP contribution in [-0.2, 0) is 12.8 Å². The number of carbonyl (C=O) groups excluding carboxylic acids is 2. The molecule has 34 heavy (non-hydrogen) atoms. The molecule has 0 bridgehead atoms. The summed E-state index contributed by atoms with van der Waals surface area (Å²) in [5, 5.41) is 6.74. The van der Waals surface area contributed by atoms with Crippen LogP contribution < -0.4 is 10.6 Å². The van der Waals surface area contributed by atoms with Crippen molar-refractivity contribution in [3.05, 3.63) is 118 Å². The normalized spacial score (nSPS) is 12.2. The highest BCUT2D eigenvalue weighted by molar-refractivity contribution is 6.32. The van der Waals surface area contributed by atoms with Crippen LogP contribution in [0.4, 0.5) is 22.7 Å². The molecular weight excluding hydrogens is 420 g/mol. The smallest absolute Gasteiger partial charge is 0.196 e. The highest BCUT2D eigenvalue weighted by Crippen LogP contribution is 2.38. The summed E-state index contributed by atoms with van der Waals surface area (Å²) in [6, 6.07) is 27.0. The van der Waals surface area contributed by atoms with Crippen molar-refractivity contribution in [2.45, 2.75) is 26.7 Å². The molecule has 4 aromatic rings. The van der Waals surface area contributed by atoms with Crippen LogP contribution in [0.2, 0.25) is 0 Å². The van der Waals surface area contributed by atoms with Crippen LogP contribution in [0.5, 0.6) is 0 Å². The molecule has 0 aromatic heterocycles. The van der Waals surface area contributed by atoms with Crippen molar-refractivity contribution in [1.29, 1.82) is 0 Å². The van der Waals surface area contributed by atoms with E-state index in [-0.39, 0.29) is 11.6 Å². The molecule has 4 heteroatoms. The van der Waals surface area contributed by atoms with Crippen molar-refractivity contribution >= 4 is 34.3 Å². The van der Waals surface area contributed by atoms with Crippen molar-refractivity contribution in [2.24, 2.45) is 0 Å². The molecule has 4 aromatic carbocycles. The first-order valence-electron chi connectivity index (χ1n) is 11.7. The highest BCUT2D eigenvalue weighted by atomic mass is 16.1. The van der Waals surface area contributed by atoms with E-state index in [1.807, 2.05) is 36.4 Å². The van der Waals surface area contributed by atoms with Crippen LogP contribution in [0, 0.1) is 0 Å². The number of hydrogen-bond donors (Lipinski definition) is 2. The zero-order valence-corrected chi connectivity index (χ0v) is 19.3. The van der Waals surface area contributed by atoms with Gasteiger partial charge in [0.25, 0.3) is 0 Å². The number of anilines is 4. The number of aryl methyl sites for hydroxylation is 2. The van der Waals surface area contributed by atoms with Crippen molar-refractivity contribution < 1.29 is 9.59 Å². The summed E-state index contributed by atoms with van der Waals surface area (Å²) in [6.45, 7) is 4.23. The Morgan fingerprint density at radius 2 is 0.912 bits per heavy atom. The molecule has 168 valence electrons. The Hall–Kier alpha value is -4.18. The molecule has 5 rings (SSSR count). The summed E-state index contributed by atoms with van der Waals surface area (Å²) in [4.78, 5) is 27.3. The van der Waals surface area contributed by atoms with Crippen molar-refractivity contribution in [2.75, 3.05) is 10.6 Å². The Bertz CT molecular complexity index is 1280. The van der Waals surface area contributed by atoms with E-state index in [0.717, 1.165) is 24.2 Å². The molecule has 0 saturated carbocycles. The number of rotatable bonds is 6. The molecule has 0 spiro atoms. The molecule has 4 nitrogen and oxygen atoms in total. The van der Waals surface area contributed by atoms with Gasteiger partial charge in [-0.15, -0.1) is 0 Å². The fourth-order valence-electron chi connectivity index (χ4n) is 4.39. The number of benzene rings is 4. The summed E-state index contributed by atoms with van der Waals surface area (Å²) in [5.74, 6) is -0.300. The molecule has 0 radical (unpaired) electrons. The second kappa shape index (κ2) is 8.99. The summed E-state index contributed by atoms with van der Waals surface area (Å²) < 4.78 is 0. The molecule has 0 saturated heterocycles. The van der Waals surface area contributed by atoms with Gasteiger partial charge in [-0.25, -0.2) is 0 Å². The van der Waals surface area contributed by atoms with E-state index in [2.05, 4.69) is 48.7 Å². The third-order valence-corrected chi connectivity index (χ3v) is 6.36. The number of hydrogen-bond acceptors (Lipinski definition) is 4. The summed E-state index contributed by atoms with van der Waals surface area (Å²) in [7, 11) is 0. The number of carbonyl (C=O) groups is 2. The number of nitrogens with one attached hydrogen (secondary N) is 2. The molecule has 1 aliphatic carbocycles. The summed E-state index contributed by atoms with van der Waals surface area (Å²) in [6.07, 6.45) is 1.91. The Morgan fingerprint density at radius 1 is 0.529 bits per heavy atom. The lowest BCUT2D eigenvalue weighted by atomic mass is 9.82. The van der Waals surface area contributed by atoms with Gasteiger partial charge in [0.05, 0.1) is 22.5 Å². The molecule has 1 aliphatic rings. The second-order valence-electron chi connectivity index (χ2n) is 8.47. The standard InChI is InChI=1S/C30H26N2O2/c1-3-19-9-13-21(14-10-19)31-25-17-18-26(32-22-15-11-20(4-2)12-16-22)28-27(25)29(33)23-7-5-6-8-24(23)30(28)34/h5-18,31-32H,3-4H2,1-2H3. The molecule has 0 unspecified atom stereocenters. The van der Waals surface area contributed by atoms with Gasteiger partial charge < -0.3 is 10.6 Å². The van der Waals surface area contributed by atoms with E-state index >= 15 is 0 Å². The third-order valence-electron chi connectivity index (χ3n) is 6.36. The van der Waals surface area contributed by atoms with E-state index in [9.17, 15) is 9.59 Å². The van der Waals surface area contributed by atoms with Gasteiger partial charge >= 0.3 is 0 Å². The average Bonchev–Trinajstić information content (AvgIpc) is 2.89. The van der Waals surface area contributed by atoms with E-state index in [0.29, 0.717) is 33.6 Å². The van der Waals surface area contributed by atoms with Crippen LogP contribution >= 0.6 is 0 Å². The first kappa shape index (κ1) is 21.7. The monoisotopic (exact) mass is 446 g/mol. The first-order chi connectivity index (χ1) is 16.6. The zero-order chi connectivity index (χ0) is 23.7. The molecule has 2 N–H and O–H groups in total. The molecule has 0 heterocycles. The Labute approximate surface area is 199 Å². The van der Waals surface area contributed by atoms with E-state index in [4.69, 9.17) is 0 Å². The lowest BCUT2D eigenvalue weighted by molar-refractivity contribution is 0.0980. The fourth-order valence-corrected chi connectivity index (χ4v) is 4.39. The van der Waals surface area contributed by atoms with Crippen LogP contribution in [-0.4, -0.2) is 11.6 Å². The Morgan fingerprint density at radius 3 is 1.26 bits per heavy atom. The topological polar surface area (TPSA) is 58.2 Å². The predicted molar refractivity (Wildman–Crippen MR) is 138 cm³/mol. The van der Waals surface area contributed by atoms with Crippen molar-refractivity contribution in [3.63, 3.8) is 0 Å². The maximum absolute atomic E-state index is 13.6. The quantitative estimate of drug-likeness (QED) is 0.293. The van der Waals surface area contributed by atoms with E-state index in [1.54, 1.807) is 24.3 Å². The fraction of sp³-hybridized carbons (Fsp3) is 0.133. The van der Waals surface area contributed by atoms with E-state index < -0.39 is 0 Å². The highest BCUT2D eigenvalue weighted by Gasteiger charge is 2.34. The molecular formula is C30H26N2O2. The van der Waals surface area contributed by atoms with Crippen molar-refractivity contribution in [1.82, 2.24) is 0 Å². The number of ketones is 2. The van der Waals surface area contributed by atoms with Gasteiger partial charge in [-0.05, 0) is 60.4 Å². The first-order valence-corrected chi connectivity index (χ1v) is 11.7. The van der Waals surface area contributed by atoms with Crippen LogP contribution in [0.1, 0.15) is 56.8 Å². The van der Waals surface area contributed by atoms with Gasteiger partial charge in [0, 0.05) is 22.5 Å². The third kappa shape index (κ3) is 3.88. The van der Waals surface area contributed by atoms with Gasteiger partial charge in [-0.3, -0.25) is 9.59 Å². The maximum atomic E-state index is 13.6. The number of fused-ring (bicyclic) bond motifs is 2. The minimum Gasteiger partial charge on any atom is -0.355 e. The average molecular weight is 447 g/mol. The predicted octanol–water partition coefficient (Wildman–Crippen LogP) is 7.07. The molecule has 0 aliphatic heterocycles. The largest absolute Gasteiger partial charge is 0.355 e. The van der Waals surface area contributed by atoms with Gasteiger partial charge in [-0.2, -0.15) is 0 Å². The molecule has 0 fully saturated rings. The minimum atomic E-state index is -0.150. The Kier molecular flexibility index (Phi) is 5.72. The second-order valence-corrected chi connectivity index (χ2v) is 8.47. The van der Waals surface area contributed by atoms with Crippen molar-refractivity contribution in [3.8, 4) is 0 Å². The summed E-state index contributed by atoms with van der Waals surface area (Å²) >= 11 is 0. The lowest BCUT2D eigenvalue weighted by Crippen LogP contribution is -2.23. The summed E-state index contributed by atoms with van der Waals surface area (Å²) in [5.41, 5.74) is 7.14.